The highest BCUT2D eigenvalue weighted by molar-refractivity contribution is 6.30. The topological polar surface area (TPSA) is 87.9 Å². The van der Waals surface area contributed by atoms with Gasteiger partial charge in [-0.1, -0.05) is 16.8 Å². The maximum Gasteiger partial charge on any atom is 0.255 e. The van der Waals surface area contributed by atoms with Crippen LogP contribution in [0, 0.1) is 5.95 Å². The number of carbonyl (C=O) groups excluding carboxylic acids is 1. The Bertz CT molecular complexity index is 923. The van der Waals surface area contributed by atoms with E-state index in [1.165, 1.54) is 18.3 Å². The van der Waals surface area contributed by atoms with Crippen LogP contribution in [0.4, 0.5) is 4.39 Å². The van der Waals surface area contributed by atoms with Gasteiger partial charge in [0.25, 0.3) is 5.91 Å². The summed E-state index contributed by atoms with van der Waals surface area (Å²) in [5.41, 5.74) is 1.03. The number of halogens is 2. The number of nitrogens with one attached hydrogen (secondary N) is 1. The molecule has 0 saturated carbocycles. The Hall–Kier alpha value is -2.74. The lowest BCUT2D eigenvalue weighted by Crippen LogP contribution is -2.39. The number of H-pyrrole nitrogens is 1. The summed E-state index contributed by atoms with van der Waals surface area (Å²) in [6.45, 7) is 1.09. The van der Waals surface area contributed by atoms with Crippen LogP contribution in [-0.4, -0.2) is 44.0 Å². The Kier molecular flexibility index (Phi) is 4.42. The Balaban J connectivity index is 1.49. The second-order valence-electron chi connectivity index (χ2n) is 6.15. The van der Waals surface area contributed by atoms with Crippen molar-refractivity contribution >= 4 is 17.5 Å². The van der Waals surface area contributed by atoms with Crippen molar-refractivity contribution in [3.05, 3.63) is 53.0 Å². The van der Waals surface area contributed by atoms with Gasteiger partial charge < -0.3 is 14.4 Å². The van der Waals surface area contributed by atoms with Crippen molar-refractivity contribution in [1.29, 1.82) is 0 Å². The van der Waals surface area contributed by atoms with Gasteiger partial charge in [0.1, 0.15) is 0 Å². The maximum absolute atomic E-state index is 12.9. The van der Waals surface area contributed by atoms with Gasteiger partial charge in [-0.15, -0.1) is 0 Å². The lowest BCUT2D eigenvalue weighted by Gasteiger charge is -2.31. The van der Waals surface area contributed by atoms with E-state index in [0.717, 1.165) is 12.8 Å². The van der Waals surface area contributed by atoms with Crippen molar-refractivity contribution in [2.45, 2.75) is 18.8 Å². The molecule has 0 radical (unpaired) electrons. The summed E-state index contributed by atoms with van der Waals surface area (Å²) in [6, 6.07) is 4.34. The highest BCUT2D eigenvalue weighted by Gasteiger charge is 2.29. The molecule has 134 valence electrons. The molecule has 3 aromatic heterocycles. The number of pyridine rings is 1. The van der Waals surface area contributed by atoms with Crippen LogP contribution in [-0.2, 0) is 0 Å². The minimum absolute atomic E-state index is 0.0483. The number of rotatable bonds is 3. The molecule has 1 aliphatic rings. The van der Waals surface area contributed by atoms with Crippen molar-refractivity contribution < 1.29 is 13.7 Å². The van der Waals surface area contributed by atoms with Gasteiger partial charge in [-0.25, -0.2) is 4.98 Å². The highest BCUT2D eigenvalue weighted by atomic mass is 35.5. The monoisotopic (exact) mass is 375 g/mol. The molecule has 4 heterocycles. The van der Waals surface area contributed by atoms with Crippen LogP contribution in [0.25, 0.3) is 11.5 Å². The number of nitrogens with zero attached hydrogens (tertiary/aromatic N) is 4. The van der Waals surface area contributed by atoms with Crippen molar-refractivity contribution in [2.75, 3.05) is 13.1 Å². The lowest BCUT2D eigenvalue weighted by molar-refractivity contribution is 0.0695. The minimum Gasteiger partial charge on any atom is -0.357 e. The normalized spacial score (nSPS) is 17.5. The summed E-state index contributed by atoms with van der Waals surface area (Å²) in [5, 5.41) is 4.55. The summed E-state index contributed by atoms with van der Waals surface area (Å²) in [7, 11) is 0. The van der Waals surface area contributed by atoms with Crippen LogP contribution in [0.1, 0.15) is 35.0 Å². The van der Waals surface area contributed by atoms with Gasteiger partial charge in [0, 0.05) is 25.5 Å². The molecule has 3 aromatic rings. The molecule has 1 saturated heterocycles. The fourth-order valence-corrected chi connectivity index (χ4v) is 3.22. The molecule has 1 atom stereocenters. The number of amides is 1. The number of hydrogen-bond donors (Lipinski definition) is 1. The summed E-state index contributed by atoms with van der Waals surface area (Å²) >= 11 is 5.90. The summed E-state index contributed by atoms with van der Waals surface area (Å²) < 4.78 is 18.3. The summed E-state index contributed by atoms with van der Waals surface area (Å²) in [4.78, 5) is 25.2. The van der Waals surface area contributed by atoms with Crippen LogP contribution in [0.5, 0.6) is 0 Å². The molecule has 0 aromatic carbocycles. The molecule has 1 fully saturated rings. The van der Waals surface area contributed by atoms with Crippen LogP contribution in [0.15, 0.2) is 35.1 Å². The van der Waals surface area contributed by atoms with Gasteiger partial charge in [-0.2, -0.15) is 9.37 Å². The van der Waals surface area contributed by atoms with E-state index in [1.807, 2.05) is 0 Å². The molecule has 4 rings (SSSR count). The zero-order chi connectivity index (χ0) is 18.1. The number of likely N-dealkylation sites (tertiary alicyclic amines) is 1. The Morgan fingerprint density at radius 2 is 2.31 bits per heavy atom. The third kappa shape index (κ3) is 3.32. The van der Waals surface area contributed by atoms with Crippen LogP contribution < -0.4 is 0 Å². The predicted molar refractivity (Wildman–Crippen MR) is 91.2 cm³/mol. The minimum atomic E-state index is -0.610. The predicted octanol–water partition coefficient (Wildman–Crippen LogP) is 3.27. The molecule has 1 aliphatic heterocycles. The Morgan fingerprint density at radius 3 is 3.04 bits per heavy atom. The highest BCUT2D eigenvalue weighted by Crippen LogP contribution is 2.28. The lowest BCUT2D eigenvalue weighted by atomic mass is 9.97. The third-order valence-corrected chi connectivity index (χ3v) is 4.58. The zero-order valence-corrected chi connectivity index (χ0v) is 14.4. The average molecular weight is 376 g/mol. The van der Waals surface area contributed by atoms with Crippen LogP contribution >= 0.6 is 11.6 Å². The first-order valence-corrected chi connectivity index (χ1v) is 8.56. The van der Waals surface area contributed by atoms with Crippen molar-refractivity contribution in [2.24, 2.45) is 0 Å². The van der Waals surface area contributed by atoms with Gasteiger partial charge in [0.15, 0.2) is 0 Å². The van der Waals surface area contributed by atoms with E-state index in [2.05, 4.69) is 20.1 Å². The molecular formula is C17H15ClFN5O2. The van der Waals surface area contributed by atoms with Crippen molar-refractivity contribution in [1.82, 2.24) is 25.0 Å². The fourth-order valence-electron chi connectivity index (χ4n) is 3.06. The van der Waals surface area contributed by atoms with E-state index in [0.29, 0.717) is 41.1 Å². The molecule has 0 spiro atoms. The number of carbonyl (C=O) groups is 1. The SMILES string of the molecule is O=C(c1ccc(F)nc1)N1CCC[C@H](c2nc(-c3cc(Cl)c[nH]3)no2)C1. The number of piperidine rings is 1. The fraction of sp³-hybridized carbons (Fsp3) is 0.294. The van der Waals surface area contributed by atoms with E-state index < -0.39 is 5.95 Å². The van der Waals surface area contributed by atoms with Crippen molar-refractivity contribution in [3.63, 3.8) is 0 Å². The van der Waals surface area contributed by atoms with Gasteiger partial charge in [-0.3, -0.25) is 4.79 Å². The maximum atomic E-state index is 12.9. The number of aromatic nitrogens is 4. The molecule has 1 amide bonds. The van der Waals surface area contributed by atoms with Crippen LogP contribution in [0.3, 0.4) is 0 Å². The molecule has 26 heavy (non-hydrogen) atoms. The van der Waals surface area contributed by atoms with Crippen molar-refractivity contribution in [3.8, 4) is 11.5 Å². The van der Waals surface area contributed by atoms with E-state index in [1.54, 1.807) is 17.2 Å². The Labute approximate surface area is 153 Å². The Morgan fingerprint density at radius 1 is 1.42 bits per heavy atom. The number of aromatic amines is 1. The van der Waals surface area contributed by atoms with Gasteiger partial charge in [0.05, 0.1) is 22.2 Å². The molecule has 9 heteroatoms. The molecule has 0 aliphatic carbocycles. The van der Waals surface area contributed by atoms with Gasteiger partial charge in [-0.05, 0) is 31.0 Å². The van der Waals surface area contributed by atoms with Gasteiger partial charge in [0.2, 0.25) is 17.7 Å². The van der Waals surface area contributed by atoms with E-state index in [4.69, 9.17) is 16.1 Å². The molecule has 7 nitrogen and oxygen atoms in total. The quantitative estimate of drug-likeness (QED) is 0.710. The molecular weight excluding hydrogens is 361 g/mol. The largest absolute Gasteiger partial charge is 0.357 e. The molecule has 1 N–H and O–H groups in total. The third-order valence-electron chi connectivity index (χ3n) is 4.36. The van der Waals surface area contributed by atoms with Crippen LogP contribution in [0.2, 0.25) is 5.02 Å². The zero-order valence-electron chi connectivity index (χ0n) is 13.7. The first-order valence-electron chi connectivity index (χ1n) is 8.19. The first kappa shape index (κ1) is 16.7. The van der Waals surface area contributed by atoms with E-state index >= 15 is 0 Å². The van der Waals surface area contributed by atoms with Gasteiger partial charge >= 0.3 is 0 Å². The average Bonchev–Trinajstić information content (AvgIpc) is 3.31. The second kappa shape index (κ2) is 6.87. The second-order valence-corrected chi connectivity index (χ2v) is 6.58. The smallest absolute Gasteiger partial charge is 0.255 e. The van der Waals surface area contributed by atoms with E-state index in [9.17, 15) is 9.18 Å². The molecule has 0 unspecified atom stereocenters. The standard InChI is InChI=1S/C17H15ClFN5O2/c18-12-6-13(20-8-12)15-22-16(26-23-15)11-2-1-5-24(9-11)17(25)10-3-4-14(19)21-7-10/h3-4,6-8,11,20H,1-2,5,9H2/t11-/m0/s1. The number of hydrogen-bond acceptors (Lipinski definition) is 5. The molecule has 0 bridgehead atoms. The summed E-state index contributed by atoms with van der Waals surface area (Å²) in [6.07, 6.45) is 4.56. The first-order chi connectivity index (χ1) is 12.6. The van der Waals surface area contributed by atoms with E-state index in [-0.39, 0.29) is 11.8 Å². The summed E-state index contributed by atoms with van der Waals surface area (Å²) in [5.74, 6) is 0.0744.